The molecule has 1 aromatic rings. The summed E-state index contributed by atoms with van der Waals surface area (Å²) in [4.78, 5) is 30.7. The van der Waals surface area contributed by atoms with Crippen molar-refractivity contribution >= 4 is 27.6 Å². The summed E-state index contributed by atoms with van der Waals surface area (Å²) < 4.78 is 0. The number of carbonyl (C=O) groups is 2. The number of carbonyl (C=O) groups excluding carboxylic acids is 2. The number of aromatic nitrogens is 1. The van der Waals surface area contributed by atoms with E-state index in [2.05, 4.69) is 11.9 Å². The van der Waals surface area contributed by atoms with Gasteiger partial charge in [0.05, 0.1) is 12.7 Å². The van der Waals surface area contributed by atoms with Crippen molar-refractivity contribution in [2.75, 3.05) is 24.5 Å². The van der Waals surface area contributed by atoms with E-state index >= 15 is 0 Å². The van der Waals surface area contributed by atoms with E-state index in [0.717, 1.165) is 19.4 Å². The SMILES string of the molecule is CCCCN1CCN(c2ncc(C(=O)[O-])[s+]2C)C1=O. The summed E-state index contributed by atoms with van der Waals surface area (Å²) in [6.07, 6.45) is 5.08. The lowest BCUT2D eigenvalue weighted by Gasteiger charge is -2.15. The van der Waals surface area contributed by atoms with Crippen molar-refractivity contribution in [1.29, 1.82) is 0 Å². The van der Waals surface area contributed by atoms with Gasteiger partial charge in [0.15, 0.2) is 0 Å². The van der Waals surface area contributed by atoms with Crippen LogP contribution >= 0.6 is 10.5 Å². The van der Waals surface area contributed by atoms with Crippen LogP contribution in [0.2, 0.25) is 0 Å². The maximum absolute atomic E-state index is 12.2. The van der Waals surface area contributed by atoms with Crippen molar-refractivity contribution in [2.24, 2.45) is 6.26 Å². The second-order valence-corrected chi connectivity index (χ2v) is 6.30. The monoisotopic (exact) mass is 283 g/mol. The standard InChI is InChI=1S/C12H17N3O3S/c1-3-4-5-14-6-7-15(12(14)18)11-13-8-9(10(16)17)19(11)2/h8H,3-7H2,1-2H3. The number of urea groups is 1. The van der Waals surface area contributed by atoms with E-state index in [1.54, 1.807) is 16.1 Å². The molecule has 1 saturated heterocycles. The van der Waals surface area contributed by atoms with E-state index in [1.165, 1.54) is 6.20 Å². The fourth-order valence-corrected chi connectivity index (χ4v) is 3.47. The lowest BCUT2D eigenvalue weighted by atomic mass is 10.3. The molecule has 104 valence electrons. The summed E-state index contributed by atoms with van der Waals surface area (Å²) in [5, 5.41) is 11.4. The fourth-order valence-electron chi connectivity index (χ4n) is 2.10. The maximum Gasteiger partial charge on any atom is 0.350 e. The summed E-state index contributed by atoms with van der Waals surface area (Å²) in [6.45, 7) is 4.08. The molecule has 2 amide bonds. The minimum Gasteiger partial charge on any atom is -0.540 e. The van der Waals surface area contributed by atoms with Gasteiger partial charge in [-0.1, -0.05) is 13.3 Å². The molecule has 1 fully saturated rings. The summed E-state index contributed by atoms with van der Waals surface area (Å²) in [7, 11) is -0.682. The molecule has 0 spiro atoms. The zero-order chi connectivity index (χ0) is 14.0. The third-order valence-corrected chi connectivity index (χ3v) is 5.01. The Hall–Kier alpha value is -1.63. The van der Waals surface area contributed by atoms with Gasteiger partial charge in [-0.2, -0.15) is 4.98 Å². The van der Waals surface area contributed by atoms with E-state index < -0.39 is 16.4 Å². The number of unbranched alkanes of at least 4 members (excludes halogenated alkanes) is 1. The Balaban J connectivity index is 2.15. The van der Waals surface area contributed by atoms with Crippen LogP contribution in [0.1, 0.15) is 29.4 Å². The van der Waals surface area contributed by atoms with Gasteiger partial charge in [0.25, 0.3) is 0 Å². The van der Waals surface area contributed by atoms with Crippen LogP contribution in [-0.4, -0.2) is 41.5 Å². The molecule has 2 heterocycles. The number of hydrogen-bond donors (Lipinski definition) is 0. The lowest BCUT2D eigenvalue weighted by Crippen LogP contribution is -2.32. The third kappa shape index (κ3) is 2.56. The highest BCUT2D eigenvalue weighted by molar-refractivity contribution is 7.34. The number of amides is 2. The van der Waals surface area contributed by atoms with Crippen molar-refractivity contribution < 1.29 is 14.7 Å². The van der Waals surface area contributed by atoms with Crippen LogP contribution in [0.25, 0.3) is 0 Å². The van der Waals surface area contributed by atoms with Gasteiger partial charge in [-0.05, 0) is 6.42 Å². The van der Waals surface area contributed by atoms with Gasteiger partial charge in [-0.25, -0.2) is 9.69 Å². The predicted octanol–water partition coefficient (Wildman–Crippen LogP) is 0.773. The number of carboxylic acids is 1. The van der Waals surface area contributed by atoms with Gasteiger partial charge in [-0.15, -0.1) is 0 Å². The number of anilines is 1. The van der Waals surface area contributed by atoms with Crippen LogP contribution in [0.5, 0.6) is 0 Å². The van der Waals surface area contributed by atoms with Gasteiger partial charge < -0.3 is 14.8 Å². The Bertz CT molecular complexity index is 500. The quantitative estimate of drug-likeness (QED) is 0.748. The van der Waals surface area contributed by atoms with Crippen LogP contribution in [0, 0.1) is 0 Å². The average Bonchev–Trinajstić information content (AvgIpc) is 2.90. The Labute approximate surface area is 114 Å². The van der Waals surface area contributed by atoms with Gasteiger partial charge in [0, 0.05) is 23.6 Å². The highest BCUT2D eigenvalue weighted by Crippen LogP contribution is 2.34. The van der Waals surface area contributed by atoms with Crippen LogP contribution in [0.3, 0.4) is 0 Å². The van der Waals surface area contributed by atoms with Crippen molar-refractivity contribution in [1.82, 2.24) is 9.88 Å². The lowest BCUT2D eigenvalue weighted by molar-refractivity contribution is -0.254. The molecule has 1 aliphatic rings. The number of rotatable bonds is 5. The number of thiazole rings is 1. The van der Waals surface area contributed by atoms with Crippen LogP contribution < -0.4 is 10.0 Å². The molecule has 0 bridgehead atoms. The first kappa shape index (κ1) is 13.8. The van der Waals surface area contributed by atoms with Crippen LogP contribution in [0.4, 0.5) is 9.93 Å². The molecule has 6 nitrogen and oxygen atoms in total. The molecule has 0 saturated carbocycles. The molecule has 1 unspecified atom stereocenters. The fraction of sp³-hybridized carbons (Fsp3) is 0.583. The van der Waals surface area contributed by atoms with Gasteiger partial charge in [0.1, 0.15) is 12.2 Å². The summed E-state index contributed by atoms with van der Waals surface area (Å²) >= 11 is 0. The molecular formula is C12H17N3O3S. The first-order valence-electron chi connectivity index (χ1n) is 6.28. The molecule has 0 N–H and O–H groups in total. The van der Waals surface area contributed by atoms with Crippen molar-refractivity contribution in [3.63, 3.8) is 0 Å². The zero-order valence-corrected chi connectivity index (χ0v) is 11.9. The second-order valence-electron chi connectivity index (χ2n) is 4.48. The molecular weight excluding hydrogens is 266 g/mol. The predicted molar refractivity (Wildman–Crippen MR) is 71.3 cm³/mol. The Morgan fingerprint density at radius 2 is 2.26 bits per heavy atom. The van der Waals surface area contributed by atoms with Gasteiger partial charge >= 0.3 is 11.2 Å². The highest BCUT2D eigenvalue weighted by atomic mass is 32.2. The molecule has 0 aliphatic carbocycles. The second kappa shape index (κ2) is 5.56. The first-order chi connectivity index (χ1) is 9.06. The Kier molecular flexibility index (Phi) is 4.04. The topological polar surface area (TPSA) is 76.6 Å². The van der Waals surface area contributed by atoms with Gasteiger partial charge in [0.2, 0.25) is 4.88 Å². The average molecular weight is 283 g/mol. The number of carboxylic acid groups (broad SMARTS) is 1. The Morgan fingerprint density at radius 1 is 1.53 bits per heavy atom. The molecule has 2 rings (SSSR count). The molecule has 0 aromatic carbocycles. The largest absolute Gasteiger partial charge is 0.540 e. The molecule has 1 atom stereocenters. The first-order valence-corrected chi connectivity index (χ1v) is 7.91. The molecule has 19 heavy (non-hydrogen) atoms. The van der Waals surface area contributed by atoms with E-state index in [-0.39, 0.29) is 10.9 Å². The molecule has 1 aromatic heterocycles. The number of nitrogens with zero attached hydrogens (tertiary/aromatic N) is 3. The van der Waals surface area contributed by atoms with Crippen LogP contribution in [0.15, 0.2) is 6.20 Å². The van der Waals surface area contributed by atoms with Crippen molar-refractivity contribution in [3.8, 4) is 0 Å². The summed E-state index contributed by atoms with van der Waals surface area (Å²) in [5.41, 5.74) is 0. The highest BCUT2D eigenvalue weighted by Gasteiger charge is 2.36. The number of hydrogen-bond acceptors (Lipinski definition) is 4. The van der Waals surface area contributed by atoms with E-state index in [0.29, 0.717) is 18.2 Å². The van der Waals surface area contributed by atoms with Crippen molar-refractivity contribution in [3.05, 3.63) is 11.1 Å². The van der Waals surface area contributed by atoms with Gasteiger partial charge in [-0.3, -0.25) is 0 Å². The molecule has 7 heteroatoms. The van der Waals surface area contributed by atoms with E-state index in [9.17, 15) is 14.7 Å². The summed E-state index contributed by atoms with van der Waals surface area (Å²) in [5.74, 6) is -1.21. The minimum atomic E-state index is -1.21. The summed E-state index contributed by atoms with van der Waals surface area (Å²) in [6, 6.07) is -0.0699. The smallest absolute Gasteiger partial charge is 0.350 e. The zero-order valence-electron chi connectivity index (χ0n) is 11.1. The van der Waals surface area contributed by atoms with Crippen LogP contribution in [-0.2, 0) is 6.26 Å². The Morgan fingerprint density at radius 3 is 2.84 bits per heavy atom. The van der Waals surface area contributed by atoms with E-state index in [1.807, 2.05) is 0 Å². The van der Waals surface area contributed by atoms with E-state index in [4.69, 9.17) is 0 Å². The maximum atomic E-state index is 12.2. The number of aromatic carboxylic acids is 1. The normalized spacial score (nSPS) is 16.3. The molecule has 1 aliphatic heterocycles. The third-order valence-electron chi connectivity index (χ3n) is 3.20. The molecule has 0 radical (unpaired) electrons. The van der Waals surface area contributed by atoms with Crippen molar-refractivity contribution in [2.45, 2.75) is 19.8 Å². The minimum absolute atomic E-state index is 0.0699.